The average molecular weight is 260 g/mol. The van der Waals surface area contributed by atoms with Crippen LogP contribution in [0.1, 0.15) is 24.8 Å². The number of carboxylic acid groups (broad SMARTS) is 1. The topological polar surface area (TPSA) is 69.6 Å². The normalized spacial score (nSPS) is 20.8. The van der Waals surface area contributed by atoms with Crippen LogP contribution < -0.4 is 10.2 Å². The molecule has 2 aliphatic rings. The molecule has 0 radical (unpaired) electrons. The van der Waals surface area contributed by atoms with E-state index < -0.39 is 11.4 Å². The minimum Gasteiger partial charge on any atom is -0.481 e. The molecule has 0 aromatic heterocycles. The lowest BCUT2D eigenvalue weighted by molar-refractivity contribution is -0.140. The second kappa shape index (κ2) is 4.26. The van der Waals surface area contributed by atoms with E-state index in [-0.39, 0.29) is 6.03 Å². The van der Waals surface area contributed by atoms with Gasteiger partial charge in [0, 0.05) is 18.8 Å². The van der Waals surface area contributed by atoms with Crippen LogP contribution >= 0.6 is 0 Å². The number of nitrogens with one attached hydrogen (secondary N) is 1. The monoisotopic (exact) mass is 260 g/mol. The first kappa shape index (κ1) is 12.0. The minimum absolute atomic E-state index is 0.0848. The highest BCUT2D eigenvalue weighted by Gasteiger charge is 2.51. The standard InChI is InChI=1S/C14H16N2O3/c17-12(18)14(6-7-14)10-2-4-11(5-3-10)16-9-1-8-15-13(16)19/h2-5H,1,6-9H2,(H,15,19)(H,17,18). The number of urea groups is 1. The molecule has 1 heterocycles. The van der Waals surface area contributed by atoms with E-state index in [9.17, 15) is 14.7 Å². The van der Waals surface area contributed by atoms with Gasteiger partial charge in [-0.3, -0.25) is 9.69 Å². The fourth-order valence-corrected chi connectivity index (χ4v) is 2.59. The van der Waals surface area contributed by atoms with E-state index >= 15 is 0 Å². The van der Waals surface area contributed by atoms with Crippen LogP contribution in [-0.4, -0.2) is 30.2 Å². The van der Waals surface area contributed by atoms with Gasteiger partial charge < -0.3 is 10.4 Å². The Hall–Kier alpha value is -2.04. The van der Waals surface area contributed by atoms with Crippen molar-refractivity contribution >= 4 is 17.7 Å². The molecule has 5 nitrogen and oxygen atoms in total. The molecule has 0 unspecified atom stereocenters. The van der Waals surface area contributed by atoms with Gasteiger partial charge >= 0.3 is 12.0 Å². The Balaban J connectivity index is 1.83. The number of carbonyl (C=O) groups excluding carboxylic acids is 1. The molecule has 2 amide bonds. The molecule has 1 aliphatic heterocycles. The van der Waals surface area contributed by atoms with Gasteiger partial charge in [0.2, 0.25) is 0 Å². The predicted octanol–water partition coefficient (Wildman–Crippen LogP) is 1.72. The van der Waals surface area contributed by atoms with E-state index in [1.54, 1.807) is 4.90 Å². The van der Waals surface area contributed by atoms with E-state index in [2.05, 4.69) is 5.32 Å². The van der Waals surface area contributed by atoms with Crippen LogP contribution in [0.3, 0.4) is 0 Å². The van der Waals surface area contributed by atoms with Gasteiger partial charge in [-0.1, -0.05) is 12.1 Å². The average Bonchev–Trinajstić information content (AvgIpc) is 3.21. The number of hydrogen-bond acceptors (Lipinski definition) is 2. The van der Waals surface area contributed by atoms with Gasteiger partial charge in [0.25, 0.3) is 0 Å². The molecule has 1 saturated heterocycles. The summed E-state index contributed by atoms with van der Waals surface area (Å²) in [4.78, 5) is 24.7. The second-order valence-electron chi connectivity index (χ2n) is 5.17. The number of rotatable bonds is 3. The zero-order chi connectivity index (χ0) is 13.5. The molecule has 100 valence electrons. The lowest BCUT2D eigenvalue weighted by atomic mass is 9.96. The maximum atomic E-state index is 11.7. The van der Waals surface area contributed by atoms with Crippen LogP contribution in [0.2, 0.25) is 0 Å². The first-order valence-corrected chi connectivity index (χ1v) is 6.53. The summed E-state index contributed by atoms with van der Waals surface area (Å²) < 4.78 is 0. The van der Waals surface area contributed by atoms with Crippen LogP contribution in [0.4, 0.5) is 10.5 Å². The molecule has 1 aromatic rings. The Bertz CT molecular complexity index is 520. The summed E-state index contributed by atoms with van der Waals surface area (Å²) in [6.07, 6.45) is 2.32. The van der Waals surface area contributed by atoms with Crippen molar-refractivity contribution < 1.29 is 14.7 Å². The summed E-state index contributed by atoms with van der Waals surface area (Å²) in [7, 11) is 0. The van der Waals surface area contributed by atoms with Crippen molar-refractivity contribution in [1.29, 1.82) is 0 Å². The molecule has 0 atom stereocenters. The Morgan fingerprint density at radius 2 is 1.95 bits per heavy atom. The minimum atomic E-state index is -0.754. The summed E-state index contributed by atoms with van der Waals surface area (Å²) in [5, 5.41) is 12.0. The zero-order valence-electron chi connectivity index (χ0n) is 10.6. The SMILES string of the molecule is O=C1NCCCN1c1ccc(C2(C(=O)O)CC2)cc1. The van der Waals surface area contributed by atoms with Gasteiger partial charge in [-0.05, 0) is 37.0 Å². The molecule has 1 saturated carbocycles. The van der Waals surface area contributed by atoms with Gasteiger partial charge in [0.05, 0.1) is 5.41 Å². The Labute approximate surface area is 111 Å². The van der Waals surface area contributed by atoms with Crippen LogP contribution in [0.25, 0.3) is 0 Å². The van der Waals surface area contributed by atoms with Gasteiger partial charge in [-0.2, -0.15) is 0 Å². The summed E-state index contributed by atoms with van der Waals surface area (Å²) in [6, 6.07) is 7.25. The Kier molecular flexibility index (Phi) is 2.69. The number of amides is 2. The Morgan fingerprint density at radius 3 is 2.47 bits per heavy atom. The summed E-state index contributed by atoms with van der Waals surface area (Å²) in [5.74, 6) is -0.754. The first-order valence-electron chi connectivity index (χ1n) is 6.53. The van der Waals surface area contributed by atoms with E-state index in [4.69, 9.17) is 0 Å². The number of nitrogens with zero attached hydrogens (tertiary/aromatic N) is 1. The zero-order valence-corrected chi connectivity index (χ0v) is 10.6. The lowest BCUT2D eigenvalue weighted by Gasteiger charge is -2.27. The van der Waals surface area contributed by atoms with Crippen molar-refractivity contribution in [2.45, 2.75) is 24.7 Å². The molecule has 1 aromatic carbocycles. The third kappa shape index (κ3) is 1.95. The number of aliphatic carboxylic acids is 1. The highest BCUT2D eigenvalue weighted by molar-refractivity contribution is 5.93. The summed E-state index contributed by atoms with van der Waals surface area (Å²) >= 11 is 0. The second-order valence-corrected chi connectivity index (χ2v) is 5.17. The number of hydrogen-bond donors (Lipinski definition) is 2. The van der Waals surface area contributed by atoms with E-state index in [1.807, 2.05) is 24.3 Å². The van der Waals surface area contributed by atoms with E-state index in [0.29, 0.717) is 19.4 Å². The van der Waals surface area contributed by atoms with Crippen molar-refractivity contribution in [2.75, 3.05) is 18.0 Å². The first-order chi connectivity index (χ1) is 9.13. The van der Waals surface area contributed by atoms with Crippen LogP contribution in [0.5, 0.6) is 0 Å². The number of carbonyl (C=O) groups is 2. The number of anilines is 1. The van der Waals surface area contributed by atoms with Gasteiger partial charge in [0.15, 0.2) is 0 Å². The van der Waals surface area contributed by atoms with Gasteiger partial charge in [-0.25, -0.2) is 4.79 Å². The molecule has 2 fully saturated rings. The quantitative estimate of drug-likeness (QED) is 0.869. The van der Waals surface area contributed by atoms with Gasteiger partial charge in [0.1, 0.15) is 0 Å². The van der Waals surface area contributed by atoms with Crippen molar-refractivity contribution in [2.24, 2.45) is 0 Å². The maximum Gasteiger partial charge on any atom is 0.321 e. The van der Waals surface area contributed by atoms with Crippen molar-refractivity contribution in [3.63, 3.8) is 0 Å². The molecule has 0 spiro atoms. The maximum absolute atomic E-state index is 11.7. The molecular formula is C14H16N2O3. The van der Waals surface area contributed by atoms with Crippen molar-refractivity contribution in [1.82, 2.24) is 5.32 Å². The van der Waals surface area contributed by atoms with Crippen LogP contribution in [0, 0.1) is 0 Å². The van der Waals surface area contributed by atoms with Crippen molar-refractivity contribution in [3.05, 3.63) is 29.8 Å². The number of benzene rings is 1. The van der Waals surface area contributed by atoms with Gasteiger partial charge in [-0.15, -0.1) is 0 Å². The van der Waals surface area contributed by atoms with E-state index in [1.165, 1.54) is 0 Å². The smallest absolute Gasteiger partial charge is 0.321 e. The Morgan fingerprint density at radius 1 is 1.26 bits per heavy atom. The largest absolute Gasteiger partial charge is 0.481 e. The highest BCUT2D eigenvalue weighted by Crippen LogP contribution is 2.48. The highest BCUT2D eigenvalue weighted by atomic mass is 16.4. The molecule has 1 aliphatic carbocycles. The molecule has 2 N–H and O–H groups in total. The number of carboxylic acids is 1. The molecule has 19 heavy (non-hydrogen) atoms. The summed E-state index contributed by atoms with van der Waals surface area (Å²) in [6.45, 7) is 1.42. The van der Waals surface area contributed by atoms with Crippen molar-refractivity contribution in [3.8, 4) is 0 Å². The molecular weight excluding hydrogens is 244 g/mol. The molecule has 3 rings (SSSR count). The molecule has 5 heteroatoms. The van der Waals surface area contributed by atoms with Crippen LogP contribution in [-0.2, 0) is 10.2 Å². The third-order valence-electron chi connectivity index (χ3n) is 3.97. The lowest BCUT2D eigenvalue weighted by Crippen LogP contribution is -2.46. The fraction of sp³-hybridized carbons (Fsp3) is 0.429. The summed E-state index contributed by atoms with van der Waals surface area (Å²) in [5.41, 5.74) is 0.978. The third-order valence-corrected chi connectivity index (χ3v) is 3.97. The van der Waals surface area contributed by atoms with Crippen LogP contribution in [0.15, 0.2) is 24.3 Å². The van der Waals surface area contributed by atoms with E-state index in [0.717, 1.165) is 24.2 Å². The molecule has 0 bridgehead atoms. The fourth-order valence-electron chi connectivity index (χ4n) is 2.59. The predicted molar refractivity (Wildman–Crippen MR) is 70.4 cm³/mol.